The SMILES string of the molecule is CS(=O)(=O)c1c([C@H]2C[C@H]3CC[C@@H](C2)N3C(=O)c2nc(C(F)(F)F)n[nH]2)nc2c(-c3ccc(-c4ccccc4)nc3)cnn2c1N. The Balaban J connectivity index is 1.24. The average Bonchev–Trinajstić information content (AvgIpc) is 3.73. The number of nitrogens with two attached hydrogens (primary N) is 1. The Morgan fingerprint density at radius 2 is 1.71 bits per heavy atom. The quantitative estimate of drug-likeness (QED) is 0.288. The molecule has 2 bridgehead atoms. The maximum atomic E-state index is 13.3. The van der Waals surface area contributed by atoms with Gasteiger partial charge < -0.3 is 10.6 Å². The largest absolute Gasteiger partial charge is 0.453 e. The van der Waals surface area contributed by atoms with E-state index in [4.69, 9.17) is 10.7 Å². The molecule has 2 fully saturated rings. The van der Waals surface area contributed by atoms with Gasteiger partial charge >= 0.3 is 6.18 Å². The van der Waals surface area contributed by atoms with Gasteiger partial charge in [-0.3, -0.25) is 14.9 Å². The van der Waals surface area contributed by atoms with Crippen LogP contribution in [0.15, 0.2) is 59.8 Å². The first-order chi connectivity index (χ1) is 21.4. The summed E-state index contributed by atoms with van der Waals surface area (Å²) in [4.78, 5) is 27.5. The fourth-order valence-corrected chi connectivity index (χ4v) is 7.61. The number of hydrogen-bond donors (Lipinski definition) is 2. The number of nitrogens with one attached hydrogen (secondary N) is 1. The van der Waals surface area contributed by atoms with Crippen LogP contribution in [0.4, 0.5) is 19.0 Å². The van der Waals surface area contributed by atoms with Crippen LogP contribution >= 0.6 is 0 Å². The highest BCUT2D eigenvalue weighted by Crippen LogP contribution is 2.46. The minimum Gasteiger partial charge on any atom is -0.382 e. The third-order valence-electron chi connectivity index (χ3n) is 8.47. The Labute approximate surface area is 254 Å². The predicted octanol–water partition coefficient (Wildman–Crippen LogP) is 4.13. The van der Waals surface area contributed by atoms with E-state index in [0.717, 1.165) is 17.5 Å². The highest BCUT2D eigenvalue weighted by molar-refractivity contribution is 7.91. The van der Waals surface area contributed by atoms with Crippen LogP contribution in [0.2, 0.25) is 0 Å². The van der Waals surface area contributed by atoms with E-state index in [1.807, 2.05) is 42.5 Å². The lowest BCUT2D eigenvalue weighted by molar-refractivity contribution is -0.144. The molecule has 6 heterocycles. The van der Waals surface area contributed by atoms with Gasteiger partial charge in [0.25, 0.3) is 11.7 Å². The number of rotatable bonds is 5. The van der Waals surface area contributed by atoms with Crippen molar-refractivity contribution in [2.45, 2.75) is 54.8 Å². The molecule has 4 aromatic heterocycles. The van der Waals surface area contributed by atoms with Crippen LogP contribution in [0.1, 0.15) is 53.7 Å². The Morgan fingerprint density at radius 3 is 2.31 bits per heavy atom. The fraction of sp³-hybridized carbons (Fsp3) is 0.310. The summed E-state index contributed by atoms with van der Waals surface area (Å²) in [6.45, 7) is 0. The van der Waals surface area contributed by atoms with Gasteiger partial charge in [0.2, 0.25) is 5.82 Å². The molecule has 0 unspecified atom stereocenters. The van der Waals surface area contributed by atoms with Gasteiger partial charge in [-0.2, -0.15) is 27.8 Å². The molecule has 0 radical (unpaired) electrons. The zero-order valence-electron chi connectivity index (χ0n) is 23.7. The molecule has 0 spiro atoms. The Morgan fingerprint density at radius 1 is 1.00 bits per heavy atom. The molecule has 232 valence electrons. The van der Waals surface area contributed by atoms with Crippen LogP contribution < -0.4 is 5.73 Å². The number of nitrogen functional groups attached to an aromatic ring is 1. The average molecular weight is 638 g/mol. The van der Waals surface area contributed by atoms with E-state index in [1.54, 1.807) is 12.4 Å². The number of aromatic nitrogens is 7. The summed E-state index contributed by atoms with van der Waals surface area (Å²) in [5.41, 5.74) is 10.2. The smallest absolute Gasteiger partial charge is 0.382 e. The van der Waals surface area contributed by atoms with E-state index in [1.165, 1.54) is 9.42 Å². The van der Waals surface area contributed by atoms with Gasteiger partial charge in [0.15, 0.2) is 15.5 Å². The Bertz CT molecular complexity index is 2030. The molecule has 1 aromatic carbocycles. The number of alkyl halides is 3. The molecule has 2 aliphatic rings. The van der Waals surface area contributed by atoms with Gasteiger partial charge in [-0.15, -0.1) is 5.10 Å². The van der Waals surface area contributed by atoms with Gasteiger partial charge in [-0.05, 0) is 31.7 Å². The van der Waals surface area contributed by atoms with Crippen LogP contribution in [0.3, 0.4) is 0 Å². The first-order valence-corrected chi connectivity index (χ1v) is 16.0. The maximum absolute atomic E-state index is 13.3. The van der Waals surface area contributed by atoms with Gasteiger partial charge in [-0.25, -0.2) is 13.4 Å². The van der Waals surface area contributed by atoms with Crippen molar-refractivity contribution in [3.63, 3.8) is 0 Å². The van der Waals surface area contributed by atoms with E-state index in [9.17, 15) is 26.4 Å². The van der Waals surface area contributed by atoms with Crippen LogP contribution in [0.5, 0.6) is 0 Å². The van der Waals surface area contributed by atoms with Crippen molar-refractivity contribution < 1.29 is 26.4 Å². The van der Waals surface area contributed by atoms with Crippen molar-refractivity contribution in [1.82, 2.24) is 39.7 Å². The minimum atomic E-state index is -4.79. The Kier molecular flexibility index (Phi) is 6.65. The highest BCUT2D eigenvalue weighted by atomic mass is 32.2. The van der Waals surface area contributed by atoms with E-state index >= 15 is 0 Å². The van der Waals surface area contributed by atoms with Crippen LogP contribution in [0.25, 0.3) is 28.0 Å². The summed E-state index contributed by atoms with van der Waals surface area (Å²) in [7, 11) is -3.87. The fourth-order valence-electron chi connectivity index (χ4n) is 6.55. The molecule has 2 aliphatic heterocycles. The molecule has 5 aromatic rings. The molecule has 45 heavy (non-hydrogen) atoms. The number of benzene rings is 1. The summed E-state index contributed by atoms with van der Waals surface area (Å²) >= 11 is 0. The number of hydrogen-bond acceptors (Lipinski definition) is 9. The lowest BCUT2D eigenvalue weighted by Gasteiger charge is -2.38. The second kappa shape index (κ2) is 10.4. The Hall–Kier alpha value is -4.86. The lowest BCUT2D eigenvalue weighted by Crippen LogP contribution is -2.46. The molecule has 2 saturated heterocycles. The van der Waals surface area contributed by atoms with Crippen molar-refractivity contribution in [2.24, 2.45) is 0 Å². The monoisotopic (exact) mass is 637 g/mol. The second-order valence-corrected chi connectivity index (χ2v) is 13.3. The molecule has 12 nitrogen and oxygen atoms in total. The predicted molar refractivity (Wildman–Crippen MR) is 156 cm³/mol. The molecular formula is C29H26F3N9O3S. The summed E-state index contributed by atoms with van der Waals surface area (Å²) in [5.74, 6) is -3.07. The van der Waals surface area contributed by atoms with Gasteiger partial charge in [0.1, 0.15) is 10.7 Å². The topological polar surface area (TPSA) is 165 Å². The number of sulfone groups is 1. The number of pyridine rings is 1. The molecular weight excluding hydrogens is 611 g/mol. The normalized spacial score (nSPS) is 20.2. The summed E-state index contributed by atoms with van der Waals surface area (Å²) in [5, 5.41) is 9.62. The third kappa shape index (κ3) is 4.98. The highest BCUT2D eigenvalue weighted by Gasteiger charge is 2.47. The number of nitrogens with zero attached hydrogens (tertiary/aromatic N) is 7. The number of anilines is 1. The molecule has 3 N–H and O–H groups in total. The van der Waals surface area contributed by atoms with Crippen molar-refractivity contribution in [2.75, 3.05) is 12.0 Å². The number of amides is 1. The number of fused-ring (bicyclic) bond motifs is 3. The zero-order valence-corrected chi connectivity index (χ0v) is 24.5. The molecule has 3 atom stereocenters. The molecule has 0 saturated carbocycles. The summed E-state index contributed by atoms with van der Waals surface area (Å²) < 4.78 is 66.6. The van der Waals surface area contributed by atoms with E-state index < -0.39 is 39.5 Å². The van der Waals surface area contributed by atoms with Gasteiger partial charge in [-0.1, -0.05) is 36.4 Å². The van der Waals surface area contributed by atoms with Crippen molar-refractivity contribution >= 4 is 27.2 Å². The molecule has 0 aliphatic carbocycles. The van der Waals surface area contributed by atoms with Gasteiger partial charge in [0, 0.05) is 47.1 Å². The third-order valence-corrected chi connectivity index (χ3v) is 9.63. The zero-order chi connectivity index (χ0) is 31.7. The summed E-state index contributed by atoms with van der Waals surface area (Å²) in [6, 6.07) is 12.7. The first kappa shape index (κ1) is 28.9. The summed E-state index contributed by atoms with van der Waals surface area (Å²) in [6.07, 6.45) is 1.38. The number of carbonyl (C=O) groups is 1. The lowest BCUT2D eigenvalue weighted by atomic mass is 9.87. The number of carbonyl (C=O) groups excluding carboxylic acids is 1. The number of aromatic amines is 1. The molecule has 1 amide bonds. The number of piperidine rings is 1. The van der Waals surface area contributed by atoms with Crippen molar-refractivity contribution in [1.29, 1.82) is 0 Å². The van der Waals surface area contributed by atoms with Crippen LogP contribution in [-0.4, -0.2) is 72.3 Å². The van der Waals surface area contributed by atoms with E-state index in [0.29, 0.717) is 42.5 Å². The van der Waals surface area contributed by atoms with Crippen LogP contribution in [0, 0.1) is 0 Å². The molecule has 16 heteroatoms. The number of H-pyrrole nitrogens is 1. The van der Waals surface area contributed by atoms with Gasteiger partial charge in [0.05, 0.1) is 17.6 Å². The maximum Gasteiger partial charge on any atom is 0.453 e. The second-order valence-electron chi connectivity index (χ2n) is 11.3. The standard InChI is InChI=1S/C29H26F3N9O3S/c1-45(43,44)23-22(17-11-18-8-9-19(12-17)40(18)27(42)25-37-28(39-38-25)29(30,31)32)36-26-20(14-35-41(26)24(23)33)16-7-10-21(34-13-16)15-5-3-2-4-6-15/h2-7,10,13-14,17-19H,8-9,11-12,33H2,1H3,(H,37,38,39)/t17-,18+,19-. The first-order valence-electron chi connectivity index (χ1n) is 14.1. The number of halogens is 3. The molecule has 7 rings (SSSR count). The van der Waals surface area contributed by atoms with E-state index in [-0.39, 0.29) is 28.5 Å². The minimum absolute atomic E-state index is 0.0789. The van der Waals surface area contributed by atoms with Crippen molar-refractivity contribution in [3.05, 3.63) is 72.2 Å². The van der Waals surface area contributed by atoms with Crippen LogP contribution in [-0.2, 0) is 16.0 Å². The van der Waals surface area contributed by atoms with Crippen molar-refractivity contribution in [3.8, 4) is 22.4 Å². The van der Waals surface area contributed by atoms with E-state index in [2.05, 4.69) is 25.3 Å².